The molecule has 0 bridgehead atoms. The molecule has 0 radical (unpaired) electrons. The van der Waals surface area contributed by atoms with Crippen LogP contribution in [0.25, 0.3) is 0 Å². The highest BCUT2D eigenvalue weighted by atomic mass is 79.9. The molecule has 0 aliphatic carbocycles. The molecule has 1 saturated heterocycles. The Hall–Kier alpha value is -1.30. The Morgan fingerprint density at radius 3 is 2.94 bits per heavy atom. The number of halogens is 1. The number of hydrogen-bond donors (Lipinski definition) is 1. The molecule has 2 unspecified atom stereocenters. The van der Waals surface area contributed by atoms with Gasteiger partial charge in [-0.2, -0.15) is 0 Å². The summed E-state index contributed by atoms with van der Waals surface area (Å²) < 4.78 is 5.15. The Balaban J connectivity index is 2.11. The van der Waals surface area contributed by atoms with Gasteiger partial charge < -0.3 is 14.4 Å². The van der Waals surface area contributed by atoms with E-state index in [4.69, 9.17) is 4.42 Å². The van der Waals surface area contributed by atoms with Crippen LogP contribution in [-0.2, 0) is 16.0 Å². The van der Waals surface area contributed by atoms with E-state index >= 15 is 0 Å². The molecule has 1 amide bonds. The Labute approximate surface area is 113 Å². The van der Waals surface area contributed by atoms with Crippen molar-refractivity contribution in [3.8, 4) is 0 Å². The molecule has 2 rings (SSSR count). The largest absolute Gasteiger partial charge is 0.480 e. The Morgan fingerprint density at radius 1 is 1.67 bits per heavy atom. The van der Waals surface area contributed by atoms with Crippen LogP contribution < -0.4 is 0 Å². The van der Waals surface area contributed by atoms with Crippen LogP contribution in [0.1, 0.15) is 12.2 Å². The molecule has 0 saturated carbocycles. The molecule has 1 fully saturated rings. The zero-order chi connectivity index (χ0) is 13.1. The molecule has 98 valence electrons. The lowest BCUT2D eigenvalue weighted by Crippen LogP contribution is -2.43. The second-order valence-corrected chi connectivity index (χ2v) is 5.06. The zero-order valence-corrected chi connectivity index (χ0v) is 11.3. The first-order valence-electron chi connectivity index (χ1n) is 5.72. The third-order valence-corrected chi connectivity index (χ3v) is 4.01. The summed E-state index contributed by atoms with van der Waals surface area (Å²) in [4.78, 5) is 24.6. The molecule has 0 aromatic carbocycles. The van der Waals surface area contributed by atoms with Crippen molar-refractivity contribution < 1.29 is 19.1 Å². The lowest BCUT2D eigenvalue weighted by molar-refractivity contribution is -0.148. The Morgan fingerprint density at radius 2 is 2.44 bits per heavy atom. The predicted octanol–water partition coefficient (Wildman–Crippen LogP) is 1.52. The van der Waals surface area contributed by atoms with E-state index in [1.54, 1.807) is 12.1 Å². The minimum atomic E-state index is -0.991. The van der Waals surface area contributed by atoms with Crippen LogP contribution >= 0.6 is 15.9 Å². The van der Waals surface area contributed by atoms with E-state index in [1.165, 1.54) is 11.2 Å². The average molecular weight is 316 g/mol. The second-order valence-electron chi connectivity index (χ2n) is 4.41. The molecule has 0 spiro atoms. The third-order valence-electron chi connectivity index (χ3n) is 3.09. The molecule has 5 nitrogen and oxygen atoms in total. The Kier molecular flexibility index (Phi) is 4.06. The molecule has 1 aromatic rings. The van der Waals surface area contributed by atoms with Crippen molar-refractivity contribution in [1.82, 2.24) is 4.90 Å². The van der Waals surface area contributed by atoms with Gasteiger partial charge in [-0.05, 0) is 18.1 Å². The van der Waals surface area contributed by atoms with Gasteiger partial charge in [-0.3, -0.25) is 4.79 Å². The number of carboxylic acids is 1. The molecule has 6 heteroatoms. The third kappa shape index (κ3) is 2.75. The van der Waals surface area contributed by atoms with E-state index in [-0.39, 0.29) is 18.2 Å². The van der Waals surface area contributed by atoms with Crippen molar-refractivity contribution >= 4 is 27.8 Å². The summed E-state index contributed by atoms with van der Waals surface area (Å²) in [7, 11) is 0. The molecular formula is C12H14BrNO4. The first-order valence-corrected chi connectivity index (χ1v) is 6.84. The van der Waals surface area contributed by atoms with E-state index in [9.17, 15) is 14.7 Å². The first kappa shape index (κ1) is 13.1. The van der Waals surface area contributed by atoms with Crippen molar-refractivity contribution in [2.24, 2.45) is 5.92 Å². The number of carbonyl (C=O) groups excluding carboxylic acids is 1. The fourth-order valence-corrected chi connectivity index (χ4v) is 2.60. The number of carboxylic acid groups (broad SMARTS) is 1. The fraction of sp³-hybridized carbons (Fsp3) is 0.500. The van der Waals surface area contributed by atoms with Gasteiger partial charge in [0.25, 0.3) is 0 Å². The smallest absolute Gasteiger partial charge is 0.326 e. The van der Waals surface area contributed by atoms with Gasteiger partial charge in [0.05, 0.1) is 6.26 Å². The highest BCUT2D eigenvalue weighted by Crippen LogP contribution is 2.23. The number of furan rings is 1. The topological polar surface area (TPSA) is 70.8 Å². The lowest BCUT2D eigenvalue weighted by Gasteiger charge is -2.23. The second kappa shape index (κ2) is 5.56. The molecule has 1 aliphatic heterocycles. The number of hydrogen-bond acceptors (Lipinski definition) is 3. The SMILES string of the molecule is O=C(O)C(Cc1ccco1)N1CC(CBr)CC1=O. The number of alkyl halides is 1. The van der Waals surface area contributed by atoms with Crippen molar-refractivity contribution in [1.29, 1.82) is 0 Å². The maximum Gasteiger partial charge on any atom is 0.326 e. The summed E-state index contributed by atoms with van der Waals surface area (Å²) in [6.45, 7) is 0.488. The van der Waals surface area contributed by atoms with E-state index < -0.39 is 12.0 Å². The van der Waals surface area contributed by atoms with Gasteiger partial charge in [-0.1, -0.05) is 15.9 Å². The number of nitrogens with zero attached hydrogens (tertiary/aromatic N) is 1. The molecule has 1 aliphatic rings. The number of likely N-dealkylation sites (tertiary alicyclic amines) is 1. The Bertz CT molecular complexity index is 431. The number of rotatable bonds is 5. The summed E-state index contributed by atoms with van der Waals surface area (Å²) in [5.41, 5.74) is 0. The van der Waals surface area contributed by atoms with Crippen LogP contribution in [0.3, 0.4) is 0 Å². The van der Waals surface area contributed by atoms with Crippen LogP contribution in [0.2, 0.25) is 0 Å². The first-order chi connectivity index (χ1) is 8.61. The number of amides is 1. The molecular weight excluding hydrogens is 302 g/mol. The van der Waals surface area contributed by atoms with E-state index in [1.807, 2.05) is 0 Å². The molecule has 2 atom stereocenters. The molecule has 1 N–H and O–H groups in total. The maximum atomic E-state index is 11.8. The van der Waals surface area contributed by atoms with Gasteiger partial charge in [-0.15, -0.1) is 0 Å². The van der Waals surface area contributed by atoms with Crippen LogP contribution in [0.15, 0.2) is 22.8 Å². The highest BCUT2D eigenvalue weighted by molar-refractivity contribution is 9.09. The van der Waals surface area contributed by atoms with Crippen LogP contribution in [0.5, 0.6) is 0 Å². The highest BCUT2D eigenvalue weighted by Gasteiger charge is 2.37. The minimum Gasteiger partial charge on any atom is -0.480 e. The minimum absolute atomic E-state index is 0.0987. The standard InChI is InChI=1S/C12H14BrNO4/c13-6-8-4-11(15)14(7-8)10(12(16)17)5-9-2-1-3-18-9/h1-3,8,10H,4-7H2,(H,16,17). The molecule has 2 heterocycles. The zero-order valence-electron chi connectivity index (χ0n) is 9.71. The van der Waals surface area contributed by atoms with Gasteiger partial charge in [0.1, 0.15) is 11.8 Å². The van der Waals surface area contributed by atoms with E-state index in [2.05, 4.69) is 15.9 Å². The van der Waals surface area contributed by atoms with E-state index in [0.29, 0.717) is 24.1 Å². The van der Waals surface area contributed by atoms with Crippen molar-refractivity contribution in [2.75, 3.05) is 11.9 Å². The summed E-state index contributed by atoms with van der Waals surface area (Å²) in [6.07, 6.45) is 2.12. The average Bonchev–Trinajstić information content (AvgIpc) is 2.95. The summed E-state index contributed by atoms with van der Waals surface area (Å²) in [5.74, 6) is -0.318. The van der Waals surface area contributed by atoms with Gasteiger partial charge >= 0.3 is 5.97 Å². The molecule has 18 heavy (non-hydrogen) atoms. The van der Waals surface area contributed by atoms with Crippen molar-refractivity contribution in [2.45, 2.75) is 18.9 Å². The van der Waals surface area contributed by atoms with Crippen LogP contribution in [0.4, 0.5) is 0 Å². The van der Waals surface area contributed by atoms with Crippen molar-refractivity contribution in [3.63, 3.8) is 0 Å². The van der Waals surface area contributed by atoms with Crippen molar-refractivity contribution in [3.05, 3.63) is 24.2 Å². The van der Waals surface area contributed by atoms with Crippen LogP contribution in [0, 0.1) is 5.92 Å². The van der Waals surface area contributed by atoms with Gasteiger partial charge in [-0.25, -0.2) is 4.79 Å². The molecule has 1 aromatic heterocycles. The summed E-state index contributed by atoms with van der Waals surface area (Å²) in [5, 5.41) is 9.97. The summed E-state index contributed by atoms with van der Waals surface area (Å²) >= 11 is 3.33. The normalized spacial score (nSPS) is 21.3. The van der Waals surface area contributed by atoms with Gasteiger partial charge in [0, 0.05) is 24.7 Å². The van der Waals surface area contributed by atoms with E-state index in [0.717, 1.165) is 0 Å². The fourth-order valence-electron chi connectivity index (χ4n) is 2.16. The maximum absolute atomic E-state index is 11.8. The van der Waals surface area contributed by atoms with Crippen LogP contribution in [-0.4, -0.2) is 39.8 Å². The monoisotopic (exact) mass is 315 g/mol. The summed E-state index contributed by atoms with van der Waals surface area (Å²) in [6, 6.07) is 2.59. The lowest BCUT2D eigenvalue weighted by atomic mass is 10.1. The number of aliphatic carboxylic acids is 1. The van der Waals surface area contributed by atoms with Gasteiger partial charge in [0.15, 0.2) is 0 Å². The number of carbonyl (C=O) groups is 2. The quantitative estimate of drug-likeness (QED) is 0.836. The predicted molar refractivity (Wildman–Crippen MR) is 67.4 cm³/mol. The van der Waals surface area contributed by atoms with Gasteiger partial charge in [0.2, 0.25) is 5.91 Å².